The molecule has 0 aliphatic carbocycles. The minimum absolute atomic E-state index is 0.0535. The third kappa shape index (κ3) is 4.13. The van der Waals surface area contributed by atoms with Crippen molar-refractivity contribution in [3.05, 3.63) is 42.0 Å². The van der Waals surface area contributed by atoms with Crippen LogP contribution in [0.5, 0.6) is 0 Å². The number of aliphatic hydroxyl groups is 1. The van der Waals surface area contributed by atoms with Crippen molar-refractivity contribution in [1.29, 1.82) is 0 Å². The molecule has 1 aromatic rings. The fourth-order valence-electron chi connectivity index (χ4n) is 1.67. The van der Waals surface area contributed by atoms with Crippen LogP contribution >= 0.6 is 0 Å². The summed E-state index contributed by atoms with van der Waals surface area (Å²) in [5.74, 6) is -2.78. The molecule has 0 aliphatic rings. The SMILES string of the molecule is C=C(CC(CO)C(=O)OCC)c1ccc(F)cc1F. The molecule has 0 bridgehead atoms. The molecule has 1 atom stereocenters. The van der Waals surface area contributed by atoms with Gasteiger partial charge in [0.1, 0.15) is 11.6 Å². The monoisotopic (exact) mass is 270 g/mol. The van der Waals surface area contributed by atoms with E-state index in [4.69, 9.17) is 9.84 Å². The highest BCUT2D eigenvalue weighted by molar-refractivity contribution is 5.76. The van der Waals surface area contributed by atoms with Crippen LogP contribution in [0, 0.1) is 17.6 Å². The predicted octanol–water partition coefficient (Wildman–Crippen LogP) is 2.54. The van der Waals surface area contributed by atoms with Gasteiger partial charge in [-0.15, -0.1) is 0 Å². The van der Waals surface area contributed by atoms with Crippen LogP contribution in [-0.4, -0.2) is 24.3 Å². The second-order valence-electron chi connectivity index (χ2n) is 4.06. The standard InChI is InChI=1S/C14H16F2O3/c1-3-19-14(18)10(8-17)6-9(2)12-5-4-11(15)7-13(12)16/h4-5,7,10,17H,2-3,6,8H2,1H3. The Labute approximate surface area is 110 Å². The molecule has 0 heterocycles. The highest BCUT2D eigenvalue weighted by Gasteiger charge is 2.21. The number of hydrogen-bond donors (Lipinski definition) is 1. The molecule has 0 aromatic heterocycles. The Morgan fingerprint density at radius 1 is 1.47 bits per heavy atom. The van der Waals surface area contributed by atoms with E-state index in [9.17, 15) is 13.6 Å². The van der Waals surface area contributed by atoms with Gasteiger partial charge in [0.05, 0.1) is 19.1 Å². The quantitative estimate of drug-likeness (QED) is 0.808. The Morgan fingerprint density at radius 2 is 2.16 bits per heavy atom. The van der Waals surface area contributed by atoms with Crippen LogP contribution in [0.25, 0.3) is 5.57 Å². The molecule has 0 saturated carbocycles. The van der Waals surface area contributed by atoms with Gasteiger partial charge in [-0.3, -0.25) is 4.79 Å². The van der Waals surface area contributed by atoms with Crippen molar-refractivity contribution in [2.24, 2.45) is 5.92 Å². The highest BCUT2D eigenvalue weighted by atomic mass is 19.1. The zero-order valence-corrected chi connectivity index (χ0v) is 10.7. The van der Waals surface area contributed by atoms with Crippen LogP contribution in [0.2, 0.25) is 0 Å². The molecule has 0 saturated heterocycles. The first-order chi connectivity index (χ1) is 8.99. The van der Waals surface area contributed by atoms with Crippen molar-refractivity contribution in [3.8, 4) is 0 Å². The molecule has 5 heteroatoms. The van der Waals surface area contributed by atoms with Gasteiger partial charge >= 0.3 is 5.97 Å². The maximum atomic E-state index is 13.5. The van der Waals surface area contributed by atoms with E-state index >= 15 is 0 Å². The first-order valence-electron chi connectivity index (χ1n) is 5.90. The molecule has 3 nitrogen and oxygen atoms in total. The molecule has 1 N–H and O–H groups in total. The van der Waals surface area contributed by atoms with Gasteiger partial charge < -0.3 is 9.84 Å². The first-order valence-corrected chi connectivity index (χ1v) is 5.90. The fourth-order valence-corrected chi connectivity index (χ4v) is 1.67. The topological polar surface area (TPSA) is 46.5 Å². The maximum Gasteiger partial charge on any atom is 0.311 e. The van der Waals surface area contributed by atoms with Crippen molar-refractivity contribution in [2.75, 3.05) is 13.2 Å². The third-order valence-corrected chi connectivity index (χ3v) is 2.65. The van der Waals surface area contributed by atoms with Crippen molar-refractivity contribution in [2.45, 2.75) is 13.3 Å². The molecular formula is C14H16F2O3. The molecule has 0 aliphatic heterocycles. The van der Waals surface area contributed by atoms with E-state index in [1.807, 2.05) is 0 Å². The number of esters is 1. The Morgan fingerprint density at radius 3 is 2.68 bits per heavy atom. The molecule has 0 fully saturated rings. The smallest absolute Gasteiger partial charge is 0.311 e. The lowest BCUT2D eigenvalue weighted by molar-refractivity contribution is -0.149. The molecule has 0 spiro atoms. The number of benzene rings is 1. The van der Waals surface area contributed by atoms with E-state index in [0.717, 1.165) is 12.1 Å². The molecule has 0 radical (unpaired) electrons. The number of rotatable bonds is 6. The van der Waals surface area contributed by atoms with Crippen LogP contribution in [0.15, 0.2) is 24.8 Å². The summed E-state index contributed by atoms with van der Waals surface area (Å²) >= 11 is 0. The van der Waals surface area contributed by atoms with Gasteiger partial charge in [-0.1, -0.05) is 6.58 Å². The zero-order valence-electron chi connectivity index (χ0n) is 10.7. The molecule has 0 amide bonds. The summed E-state index contributed by atoms with van der Waals surface area (Å²) in [6.07, 6.45) is 0.0535. The summed E-state index contributed by atoms with van der Waals surface area (Å²) in [7, 11) is 0. The summed E-state index contributed by atoms with van der Waals surface area (Å²) in [6.45, 7) is 5.10. The number of hydrogen-bond acceptors (Lipinski definition) is 3. The summed E-state index contributed by atoms with van der Waals surface area (Å²) < 4.78 is 31.1. The third-order valence-electron chi connectivity index (χ3n) is 2.65. The van der Waals surface area contributed by atoms with Crippen LogP contribution in [0.3, 0.4) is 0 Å². The highest BCUT2D eigenvalue weighted by Crippen LogP contribution is 2.24. The van der Waals surface area contributed by atoms with Gasteiger partial charge in [-0.05, 0) is 31.1 Å². The predicted molar refractivity (Wildman–Crippen MR) is 67.2 cm³/mol. The molecule has 104 valence electrons. The summed E-state index contributed by atoms with van der Waals surface area (Å²) in [4.78, 5) is 11.5. The number of ether oxygens (including phenoxy) is 1. The Hall–Kier alpha value is -1.75. The largest absolute Gasteiger partial charge is 0.466 e. The van der Waals surface area contributed by atoms with Gasteiger partial charge in [-0.25, -0.2) is 8.78 Å². The average Bonchev–Trinajstić information content (AvgIpc) is 2.35. The van der Waals surface area contributed by atoms with Crippen LogP contribution in [0.4, 0.5) is 8.78 Å². The van der Waals surface area contributed by atoms with Crippen LogP contribution in [0.1, 0.15) is 18.9 Å². The number of aliphatic hydroxyl groups excluding tert-OH is 1. The molecule has 1 unspecified atom stereocenters. The van der Waals surface area contributed by atoms with E-state index in [-0.39, 0.29) is 18.6 Å². The fraction of sp³-hybridized carbons (Fsp3) is 0.357. The van der Waals surface area contributed by atoms with Gasteiger partial charge in [0, 0.05) is 11.6 Å². The van der Waals surface area contributed by atoms with E-state index in [1.54, 1.807) is 6.92 Å². The number of carbonyl (C=O) groups excluding carboxylic acids is 1. The Kier molecular flexibility index (Phi) is 5.63. The lowest BCUT2D eigenvalue weighted by Gasteiger charge is -2.15. The van der Waals surface area contributed by atoms with Gasteiger partial charge in [0.25, 0.3) is 0 Å². The Balaban J connectivity index is 2.80. The lowest BCUT2D eigenvalue weighted by atomic mass is 9.95. The van der Waals surface area contributed by atoms with Crippen molar-refractivity contribution < 1.29 is 23.4 Å². The maximum absolute atomic E-state index is 13.5. The van der Waals surface area contributed by atoms with Gasteiger partial charge in [-0.2, -0.15) is 0 Å². The summed E-state index contributed by atoms with van der Waals surface area (Å²) in [5.41, 5.74) is 0.439. The number of allylic oxidation sites excluding steroid dienone is 1. The van der Waals surface area contributed by atoms with E-state index < -0.39 is 30.1 Å². The number of carbonyl (C=O) groups is 1. The minimum atomic E-state index is -0.795. The zero-order chi connectivity index (χ0) is 14.4. The van der Waals surface area contributed by atoms with E-state index in [0.29, 0.717) is 5.57 Å². The number of halogens is 2. The average molecular weight is 270 g/mol. The summed E-state index contributed by atoms with van der Waals surface area (Å²) in [5, 5.41) is 9.14. The second-order valence-corrected chi connectivity index (χ2v) is 4.06. The summed E-state index contributed by atoms with van der Waals surface area (Å²) in [6, 6.07) is 3.12. The Bertz CT molecular complexity index is 472. The van der Waals surface area contributed by atoms with E-state index in [1.165, 1.54) is 6.07 Å². The van der Waals surface area contributed by atoms with Crippen LogP contribution in [-0.2, 0) is 9.53 Å². The van der Waals surface area contributed by atoms with Crippen molar-refractivity contribution in [1.82, 2.24) is 0 Å². The molecular weight excluding hydrogens is 254 g/mol. The van der Waals surface area contributed by atoms with Crippen LogP contribution < -0.4 is 0 Å². The lowest BCUT2D eigenvalue weighted by Crippen LogP contribution is -2.21. The van der Waals surface area contributed by atoms with Gasteiger partial charge in [0.2, 0.25) is 0 Å². The molecule has 1 rings (SSSR count). The normalized spacial score (nSPS) is 12.0. The molecule has 1 aromatic carbocycles. The first kappa shape index (κ1) is 15.3. The van der Waals surface area contributed by atoms with Crippen molar-refractivity contribution in [3.63, 3.8) is 0 Å². The van der Waals surface area contributed by atoms with Gasteiger partial charge in [0.15, 0.2) is 0 Å². The van der Waals surface area contributed by atoms with E-state index in [2.05, 4.69) is 6.58 Å². The van der Waals surface area contributed by atoms with Crippen molar-refractivity contribution >= 4 is 11.5 Å². The minimum Gasteiger partial charge on any atom is -0.466 e. The molecule has 19 heavy (non-hydrogen) atoms. The second kappa shape index (κ2) is 6.99.